The van der Waals surface area contributed by atoms with Crippen LogP contribution in [0.3, 0.4) is 0 Å². The van der Waals surface area contributed by atoms with Crippen LogP contribution >= 0.6 is 45.2 Å². The molecule has 0 spiro atoms. The second kappa shape index (κ2) is 14.7. The molecule has 0 saturated heterocycles. The molecule has 0 atom stereocenters. The fraction of sp³-hybridized carbons (Fsp3) is 0.0882. The minimum atomic E-state index is -6.31. The average Bonchev–Trinajstić information content (AvgIpc) is 3.05. The van der Waals surface area contributed by atoms with Gasteiger partial charge >= 0.3 is 21.3 Å². The predicted molar refractivity (Wildman–Crippen MR) is 191 cm³/mol. The van der Waals surface area contributed by atoms with Crippen LogP contribution in [0.1, 0.15) is 11.1 Å². The van der Waals surface area contributed by atoms with E-state index in [-0.39, 0.29) is 23.0 Å². The molecule has 5 aromatic rings. The summed E-state index contributed by atoms with van der Waals surface area (Å²) in [5.74, 6) is -6.65. The second-order valence-corrected chi connectivity index (χ2v) is 14.3. The molecule has 15 heteroatoms. The van der Waals surface area contributed by atoms with Crippen LogP contribution < -0.4 is 23.7 Å². The fourth-order valence-electron chi connectivity index (χ4n) is 4.04. The molecule has 0 fully saturated rings. The number of esters is 1. The van der Waals surface area contributed by atoms with Crippen molar-refractivity contribution >= 4 is 61.3 Å². The highest BCUT2D eigenvalue weighted by Crippen LogP contribution is 2.61. The zero-order chi connectivity index (χ0) is 35.5. The van der Waals surface area contributed by atoms with Crippen molar-refractivity contribution in [1.82, 2.24) is 0 Å². The van der Waals surface area contributed by atoms with Crippen LogP contribution in [-0.4, -0.2) is 29.3 Å². The van der Waals surface area contributed by atoms with Crippen LogP contribution in [-0.2, 0) is 14.9 Å². The number of halogens is 4. The van der Waals surface area contributed by atoms with E-state index in [1.165, 1.54) is 48.5 Å². The summed E-state index contributed by atoms with van der Waals surface area (Å²) in [4.78, 5) is 12.9. The Labute approximate surface area is 306 Å². The smallest absolute Gasteiger partial charge is 0.466 e. The molecular formula is C34H24F2I2O10S. The highest BCUT2D eigenvalue weighted by Gasteiger charge is 2.55. The van der Waals surface area contributed by atoms with Crippen molar-refractivity contribution in [2.24, 2.45) is 0 Å². The van der Waals surface area contributed by atoms with Gasteiger partial charge in [-0.15, -0.1) is 0 Å². The normalized spacial score (nSPS) is 11.5. The van der Waals surface area contributed by atoms with E-state index in [9.17, 15) is 31.7 Å². The monoisotopic (exact) mass is 916 g/mol. The number of benzene rings is 5. The van der Waals surface area contributed by atoms with Crippen molar-refractivity contribution in [3.63, 3.8) is 0 Å². The lowest BCUT2D eigenvalue weighted by Gasteiger charge is -2.23. The van der Waals surface area contributed by atoms with Crippen LogP contribution in [0.2, 0.25) is 0 Å². The van der Waals surface area contributed by atoms with Crippen LogP contribution in [0.15, 0.2) is 97.1 Å². The molecule has 2 N–H and O–H groups in total. The van der Waals surface area contributed by atoms with Gasteiger partial charge in [0, 0.05) is 7.14 Å². The van der Waals surface area contributed by atoms with E-state index in [0.29, 0.717) is 0 Å². The maximum atomic E-state index is 14.8. The van der Waals surface area contributed by atoms with Crippen molar-refractivity contribution < 1.29 is 55.3 Å². The van der Waals surface area contributed by atoms with Gasteiger partial charge in [-0.1, -0.05) is 35.4 Å². The second-order valence-electron chi connectivity index (χ2n) is 10.3. The molecule has 5 aromatic carbocycles. The maximum absolute atomic E-state index is 14.8. The number of hydrogen-bond donors (Lipinski definition) is 2. The molecule has 0 radical (unpaired) electrons. The van der Waals surface area contributed by atoms with E-state index in [2.05, 4.69) is 22.6 Å². The molecule has 0 heterocycles. The number of carbonyl (C=O) groups is 1. The Morgan fingerprint density at radius 3 is 1.22 bits per heavy atom. The number of rotatable bonds is 11. The molecule has 0 saturated carbocycles. The van der Waals surface area contributed by atoms with Gasteiger partial charge in [0.15, 0.2) is 0 Å². The first-order valence-electron chi connectivity index (χ1n) is 14.0. The number of aromatic hydroxyl groups is 1. The molecule has 0 bridgehead atoms. The van der Waals surface area contributed by atoms with Crippen LogP contribution in [0.25, 0.3) is 0 Å². The third kappa shape index (κ3) is 8.52. The van der Waals surface area contributed by atoms with Crippen molar-refractivity contribution in [3.05, 3.63) is 115 Å². The molecule has 0 aliphatic rings. The van der Waals surface area contributed by atoms with Crippen molar-refractivity contribution in [3.8, 4) is 57.5 Å². The first-order valence-corrected chi connectivity index (χ1v) is 17.6. The van der Waals surface area contributed by atoms with E-state index in [0.717, 1.165) is 18.3 Å². The molecule has 49 heavy (non-hydrogen) atoms. The summed E-state index contributed by atoms with van der Waals surface area (Å²) in [6, 6.07) is 25.5. The highest BCUT2D eigenvalue weighted by molar-refractivity contribution is 14.1. The van der Waals surface area contributed by atoms with Gasteiger partial charge in [0.2, 0.25) is 34.5 Å². The molecule has 254 valence electrons. The first-order chi connectivity index (χ1) is 23.1. The Balaban J connectivity index is 1.84. The quantitative estimate of drug-likeness (QED) is 0.0570. The third-order valence-electron chi connectivity index (χ3n) is 6.56. The van der Waals surface area contributed by atoms with E-state index in [4.69, 9.17) is 23.7 Å². The molecule has 0 aliphatic heterocycles. The zero-order valence-corrected chi connectivity index (χ0v) is 30.4. The van der Waals surface area contributed by atoms with Crippen molar-refractivity contribution in [2.75, 3.05) is 0 Å². The number of ether oxygens (including phenoxy) is 5. The average molecular weight is 916 g/mol. The van der Waals surface area contributed by atoms with Crippen molar-refractivity contribution in [1.29, 1.82) is 0 Å². The van der Waals surface area contributed by atoms with Gasteiger partial charge in [-0.05, 0) is 132 Å². The maximum Gasteiger partial charge on any atom is 0.466 e. The van der Waals surface area contributed by atoms with E-state index >= 15 is 0 Å². The van der Waals surface area contributed by atoms with Gasteiger partial charge in [0.1, 0.15) is 23.0 Å². The molecule has 0 aromatic heterocycles. The summed E-state index contributed by atoms with van der Waals surface area (Å²) in [5.41, 5.74) is 1.69. The van der Waals surface area contributed by atoms with Gasteiger partial charge in [0.25, 0.3) is 0 Å². The molecule has 0 unspecified atom stereocenters. The number of hydrogen-bond acceptors (Lipinski definition) is 9. The Kier molecular flexibility index (Phi) is 10.9. The van der Waals surface area contributed by atoms with Crippen LogP contribution in [0, 0.1) is 21.0 Å². The minimum Gasteiger partial charge on any atom is -0.501 e. The molecule has 10 nitrogen and oxygen atoms in total. The van der Waals surface area contributed by atoms with Crippen LogP contribution in [0.4, 0.5) is 8.78 Å². The van der Waals surface area contributed by atoms with Gasteiger partial charge in [0.05, 0.1) is 0 Å². The summed E-state index contributed by atoms with van der Waals surface area (Å²) in [5, 5.41) is 6.39. The number of alkyl halides is 2. The highest BCUT2D eigenvalue weighted by atomic mass is 127. The SMILES string of the molecule is Cc1ccc(Oc2c(O)c(Oc3ccc(I)cc3)c(Oc3ccc(C)cc3)c(OC(=O)C(F)(F)S(=O)(=O)O)c2Oc2ccc(I)cc2)cc1. The number of phenolic OH excluding ortho intramolecular Hbond substituents is 1. The summed E-state index contributed by atoms with van der Waals surface area (Å²) in [6.07, 6.45) is 0. The summed E-state index contributed by atoms with van der Waals surface area (Å²) < 4.78 is 92.7. The fourth-order valence-corrected chi connectivity index (χ4v) is 5.01. The summed E-state index contributed by atoms with van der Waals surface area (Å²) >= 11 is 4.11. The Morgan fingerprint density at radius 2 is 0.898 bits per heavy atom. The van der Waals surface area contributed by atoms with E-state index < -0.39 is 55.8 Å². The predicted octanol–water partition coefficient (Wildman–Crippen LogP) is 9.77. The molecular weight excluding hydrogens is 892 g/mol. The summed E-state index contributed by atoms with van der Waals surface area (Å²) in [6.45, 7) is 3.62. The van der Waals surface area contributed by atoms with E-state index in [1.807, 2.05) is 29.5 Å². The van der Waals surface area contributed by atoms with Crippen molar-refractivity contribution in [2.45, 2.75) is 19.1 Å². The molecule has 5 rings (SSSR count). The molecule has 0 aliphatic carbocycles. The number of phenols is 1. The zero-order valence-electron chi connectivity index (χ0n) is 25.3. The lowest BCUT2D eigenvalue weighted by atomic mass is 10.2. The van der Waals surface area contributed by atoms with Gasteiger partial charge in [-0.3, -0.25) is 4.55 Å². The topological polar surface area (TPSA) is 138 Å². The van der Waals surface area contributed by atoms with E-state index in [1.54, 1.807) is 55.5 Å². The standard InChI is InChI=1S/C34H24F2I2O10S/c1-19-3-11-23(12-4-19)44-28-27(39)29(45-25-15-7-21(37)8-16-25)30(46-24-13-5-20(2)6-14-24)32(48-33(40)34(35,36)49(41,42)43)31(28)47-26-17-9-22(38)10-18-26/h3-18,39H,1-2H3,(H,41,42,43). The summed E-state index contributed by atoms with van der Waals surface area (Å²) in [7, 11) is -6.31. The minimum absolute atomic E-state index is 0.0556. The molecule has 0 amide bonds. The first kappa shape index (κ1) is 36.1. The third-order valence-corrected chi connectivity index (χ3v) is 8.81. The lowest BCUT2D eigenvalue weighted by Crippen LogP contribution is -2.40. The number of carbonyl (C=O) groups excluding carboxylic acids is 1. The lowest BCUT2D eigenvalue weighted by molar-refractivity contribution is -0.151. The Morgan fingerprint density at radius 1 is 0.592 bits per heavy atom. The Hall–Kier alpha value is -4.20. The van der Waals surface area contributed by atoms with Gasteiger partial charge in [-0.25, -0.2) is 4.79 Å². The van der Waals surface area contributed by atoms with Gasteiger partial charge < -0.3 is 28.8 Å². The number of aryl methyl sites for hydroxylation is 2. The van der Waals surface area contributed by atoms with Crippen LogP contribution in [0.5, 0.6) is 57.5 Å². The van der Waals surface area contributed by atoms with Gasteiger partial charge in [-0.2, -0.15) is 17.2 Å². The largest absolute Gasteiger partial charge is 0.501 e. The Bertz CT molecular complexity index is 1970.